The van der Waals surface area contributed by atoms with Gasteiger partial charge in [-0.3, -0.25) is 9.69 Å². The van der Waals surface area contributed by atoms with Crippen LogP contribution in [-0.2, 0) is 27.6 Å². The number of aliphatic hydroxyl groups excluding tert-OH is 1. The second-order valence-corrected chi connectivity index (χ2v) is 13.0. The highest BCUT2D eigenvalue weighted by Crippen LogP contribution is 2.31. The number of piperidine rings is 1. The lowest BCUT2D eigenvalue weighted by Crippen LogP contribution is -2.34. The van der Waals surface area contributed by atoms with Crippen LogP contribution in [0.5, 0.6) is 0 Å². The van der Waals surface area contributed by atoms with E-state index < -0.39 is 15.8 Å². The van der Waals surface area contributed by atoms with Crippen LogP contribution in [-0.4, -0.2) is 49.8 Å². The first kappa shape index (κ1) is 26.9. The number of carbonyl (C=O) groups excluding carboxylic acids is 1. The number of amides is 1. The van der Waals surface area contributed by atoms with E-state index in [1.54, 1.807) is 18.2 Å². The predicted molar refractivity (Wildman–Crippen MR) is 151 cm³/mol. The van der Waals surface area contributed by atoms with Crippen LogP contribution in [0.2, 0.25) is 0 Å². The maximum Gasteiger partial charge on any atom is 0.220 e. The van der Waals surface area contributed by atoms with Gasteiger partial charge in [0.25, 0.3) is 0 Å². The summed E-state index contributed by atoms with van der Waals surface area (Å²) < 4.78 is 26.2. The van der Waals surface area contributed by atoms with Gasteiger partial charge < -0.3 is 10.4 Å². The minimum absolute atomic E-state index is 0.0256. The highest BCUT2D eigenvalue weighted by atomic mass is 32.2. The topological polar surface area (TPSA) is 86.7 Å². The molecule has 1 aliphatic heterocycles. The standard InChI is InChI=1S/C31H38N2O4S/c34-21-24(22-38(36,37)28-13-12-25-7-2-3-8-26(25)19-28)18-31(35)32-30-10-6-9-27-17-23(11-14-29(27)30)20-33-15-4-1-5-16-33/h2-3,7-8,11-14,17,19,24,30,34H,1,4-6,9-10,15-16,18,20-22H2,(H,32,35). The number of nitrogens with zero attached hydrogens (tertiary/aromatic N) is 1. The van der Waals surface area contributed by atoms with Crippen molar-refractivity contribution in [2.75, 3.05) is 25.4 Å². The van der Waals surface area contributed by atoms with Crippen molar-refractivity contribution in [1.29, 1.82) is 0 Å². The molecule has 1 aliphatic carbocycles. The van der Waals surface area contributed by atoms with Gasteiger partial charge in [0.1, 0.15) is 0 Å². The fourth-order valence-corrected chi connectivity index (χ4v) is 7.57. The summed E-state index contributed by atoms with van der Waals surface area (Å²) in [5.41, 5.74) is 3.79. The van der Waals surface area contributed by atoms with Gasteiger partial charge in [-0.05, 0) is 84.8 Å². The zero-order valence-electron chi connectivity index (χ0n) is 21.9. The molecule has 1 heterocycles. The summed E-state index contributed by atoms with van der Waals surface area (Å²) in [7, 11) is -3.65. The highest BCUT2D eigenvalue weighted by molar-refractivity contribution is 7.91. The van der Waals surface area contributed by atoms with Gasteiger partial charge in [0.15, 0.2) is 9.84 Å². The molecular weight excluding hydrogens is 496 g/mol. The van der Waals surface area contributed by atoms with E-state index >= 15 is 0 Å². The predicted octanol–water partition coefficient (Wildman–Crippen LogP) is 4.79. The maximum absolute atomic E-state index is 13.1. The lowest BCUT2D eigenvalue weighted by Gasteiger charge is -2.29. The molecule has 3 aromatic carbocycles. The number of aryl methyl sites for hydroxylation is 1. The number of hydrogen-bond donors (Lipinski definition) is 2. The third-order valence-corrected chi connectivity index (χ3v) is 9.86. The molecule has 2 aliphatic rings. The van der Waals surface area contributed by atoms with Gasteiger partial charge in [-0.15, -0.1) is 0 Å². The fourth-order valence-electron chi connectivity index (χ4n) is 5.95. The molecule has 2 N–H and O–H groups in total. The van der Waals surface area contributed by atoms with Gasteiger partial charge in [-0.1, -0.05) is 55.0 Å². The average molecular weight is 535 g/mol. The van der Waals surface area contributed by atoms with E-state index in [1.165, 1.54) is 43.5 Å². The molecule has 2 atom stereocenters. The average Bonchev–Trinajstić information content (AvgIpc) is 2.93. The number of carbonyl (C=O) groups is 1. The van der Waals surface area contributed by atoms with E-state index in [4.69, 9.17) is 0 Å². The summed E-state index contributed by atoms with van der Waals surface area (Å²) in [6.45, 7) is 2.95. The number of fused-ring (bicyclic) bond motifs is 2. The second kappa shape index (κ2) is 12.0. The molecule has 202 valence electrons. The molecule has 38 heavy (non-hydrogen) atoms. The lowest BCUT2D eigenvalue weighted by atomic mass is 9.86. The zero-order chi connectivity index (χ0) is 26.5. The van der Waals surface area contributed by atoms with Gasteiger partial charge in [0.05, 0.1) is 16.7 Å². The number of sulfone groups is 1. The van der Waals surface area contributed by atoms with Crippen molar-refractivity contribution in [3.8, 4) is 0 Å². The van der Waals surface area contributed by atoms with Crippen molar-refractivity contribution in [2.24, 2.45) is 5.92 Å². The molecular formula is C31H38N2O4S. The van der Waals surface area contributed by atoms with E-state index in [1.807, 2.05) is 24.3 Å². The van der Waals surface area contributed by atoms with Gasteiger partial charge in [-0.2, -0.15) is 0 Å². The van der Waals surface area contributed by atoms with Gasteiger partial charge in [0, 0.05) is 25.5 Å². The first-order chi connectivity index (χ1) is 18.4. The van der Waals surface area contributed by atoms with E-state index in [9.17, 15) is 18.3 Å². The molecule has 7 heteroatoms. The fraction of sp³-hybridized carbons (Fsp3) is 0.452. The van der Waals surface area contributed by atoms with Crippen LogP contribution in [0.15, 0.2) is 65.6 Å². The Kier molecular flexibility index (Phi) is 8.46. The molecule has 1 fully saturated rings. The van der Waals surface area contributed by atoms with Gasteiger partial charge >= 0.3 is 0 Å². The summed E-state index contributed by atoms with van der Waals surface area (Å²) in [6, 6.07) is 19.2. The van der Waals surface area contributed by atoms with Crippen LogP contribution in [0.4, 0.5) is 0 Å². The molecule has 3 aromatic rings. The van der Waals surface area contributed by atoms with Crippen LogP contribution in [0.3, 0.4) is 0 Å². The Labute approximate surface area is 226 Å². The van der Waals surface area contributed by atoms with Crippen molar-refractivity contribution < 1.29 is 18.3 Å². The highest BCUT2D eigenvalue weighted by Gasteiger charge is 2.26. The van der Waals surface area contributed by atoms with Crippen LogP contribution >= 0.6 is 0 Å². The Morgan fingerprint density at radius 2 is 1.76 bits per heavy atom. The smallest absolute Gasteiger partial charge is 0.220 e. The number of rotatable bonds is 9. The van der Waals surface area contributed by atoms with Crippen molar-refractivity contribution >= 4 is 26.5 Å². The number of hydrogen-bond acceptors (Lipinski definition) is 5. The third-order valence-electron chi connectivity index (χ3n) is 7.98. The molecule has 0 aromatic heterocycles. The number of benzene rings is 3. The number of nitrogens with one attached hydrogen (secondary N) is 1. The van der Waals surface area contributed by atoms with Crippen molar-refractivity contribution in [3.05, 3.63) is 77.4 Å². The summed E-state index contributed by atoms with van der Waals surface area (Å²) in [4.78, 5) is 15.7. The summed E-state index contributed by atoms with van der Waals surface area (Å²) >= 11 is 0. The zero-order valence-corrected chi connectivity index (χ0v) is 22.8. The number of aliphatic hydroxyl groups is 1. The van der Waals surface area contributed by atoms with E-state index in [-0.39, 0.29) is 35.6 Å². The largest absolute Gasteiger partial charge is 0.396 e. The van der Waals surface area contributed by atoms with Crippen molar-refractivity contribution in [3.63, 3.8) is 0 Å². The quantitative estimate of drug-likeness (QED) is 0.412. The Morgan fingerprint density at radius 1 is 0.974 bits per heavy atom. The molecule has 5 rings (SSSR count). The first-order valence-corrected chi connectivity index (χ1v) is 15.5. The molecule has 6 nitrogen and oxygen atoms in total. The molecule has 0 radical (unpaired) electrons. The maximum atomic E-state index is 13.1. The van der Waals surface area contributed by atoms with E-state index in [2.05, 4.69) is 28.4 Å². The Hall–Kier alpha value is -2.74. The Balaban J connectivity index is 1.21. The first-order valence-electron chi connectivity index (χ1n) is 13.9. The van der Waals surface area contributed by atoms with E-state index in [0.29, 0.717) is 0 Å². The third kappa shape index (κ3) is 6.45. The second-order valence-electron chi connectivity index (χ2n) is 10.9. The summed E-state index contributed by atoms with van der Waals surface area (Å²) in [6.07, 6.45) is 6.73. The minimum atomic E-state index is -3.65. The van der Waals surface area contributed by atoms with Crippen LogP contribution < -0.4 is 5.32 Å². The minimum Gasteiger partial charge on any atom is -0.396 e. The molecule has 0 spiro atoms. The molecule has 1 amide bonds. The van der Waals surface area contributed by atoms with Gasteiger partial charge in [-0.25, -0.2) is 8.42 Å². The molecule has 1 saturated heterocycles. The molecule has 2 unspecified atom stereocenters. The Morgan fingerprint density at radius 3 is 2.55 bits per heavy atom. The van der Waals surface area contributed by atoms with E-state index in [0.717, 1.165) is 42.1 Å². The molecule has 0 saturated carbocycles. The molecule has 0 bridgehead atoms. The summed E-state index contributed by atoms with van der Waals surface area (Å²) in [5.74, 6) is -1.15. The lowest BCUT2D eigenvalue weighted by molar-refractivity contribution is -0.123. The summed E-state index contributed by atoms with van der Waals surface area (Å²) in [5, 5.41) is 14.9. The number of likely N-dealkylation sites (tertiary alicyclic amines) is 1. The monoisotopic (exact) mass is 534 g/mol. The van der Waals surface area contributed by atoms with Gasteiger partial charge in [0.2, 0.25) is 5.91 Å². The Bertz CT molecular complexity index is 1380. The van der Waals surface area contributed by atoms with Crippen molar-refractivity contribution in [2.45, 2.75) is 62.4 Å². The van der Waals surface area contributed by atoms with Crippen LogP contribution in [0.25, 0.3) is 10.8 Å². The normalized spacial score (nSPS) is 19.1. The van der Waals surface area contributed by atoms with Crippen LogP contribution in [0.1, 0.15) is 61.3 Å². The van der Waals surface area contributed by atoms with Crippen LogP contribution in [0, 0.1) is 5.92 Å². The SMILES string of the molecule is O=C(CC(CO)CS(=O)(=O)c1ccc2ccccc2c1)NC1CCCc2cc(CN3CCCCC3)ccc21. The van der Waals surface area contributed by atoms with Crippen molar-refractivity contribution in [1.82, 2.24) is 10.2 Å².